The summed E-state index contributed by atoms with van der Waals surface area (Å²) in [6.45, 7) is 2.03. The van der Waals surface area contributed by atoms with Crippen molar-refractivity contribution in [1.29, 1.82) is 0 Å². The highest BCUT2D eigenvalue weighted by molar-refractivity contribution is 6.30. The molecule has 4 nitrogen and oxygen atoms in total. The predicted molar refractivity (Wildman–Crippen MR) is 80.6 cm³/mol. The lowest BCUT2D eigenvalue weighted by atomic mass is 10.0. The first kappa shape index (κ1) is 13.0. The molecule has 5 heteroatoms. The van der Waals surface area contributed by atoms with Gasteiger partial charge in [0.15, 0.2) is 5.82 Å². The van der Waals surface area contributed by atoms with E-state index in [1.54, 1.807) is 13.2 Å². The minimum Gasteiger partial charge on any atom is -0.304 e. The van der Waals surface area contributed by atoms with Gasteiger partial charge in [-0.15, -0.1) is 0 Å². The molecule has 20 heavy (non-hydrogen) atoms. The summed E-state index contributed by atoms with van der Waals surface area (Å²) >= 11 is 5.99. The van der Waals surface area contributed by atoms with E-state index in [1.165, 1.54) is 0 Å². The van der Waals surface area contributed by atoms with Crippen LogP contribution >= 0.6 is 11.6 Å². The van der Waals surface area contributed by atoms with Gasteiger partial charge >= 0.3 is 0 Å². The molecule has 2 aromatic heterocycles. The SMILES string of the molecule is Cc1cc(Cl)ccc1-c1ccc2nc(N(C)O)cn2c1. The van der Waals surface area contributed by atoms with Crippen LogP contribution in [0, 0.1) is 6.92 Å². The van der Waals surface area contributed by atoms with Crippen LogP contribution in [0.3, 0.4) is 0 Å². The van der Waals surface area contributed by atoms with Gasteiger partial charge in [-0.3, -0.25) is 5.21 Å². The van der Waals surface area contributed by atoms with Gasteiger partial charge in [-0.05, 0) is 47.9 Å². The summed E-state index contributed by atoms with van der Waals surface area (Å²) in [5.74, 6) is 0.509. The molecule has 0 spiro atoms. The molecule has 0 saturated heterocycles. The number of anilines is 1. The molecule has 0 bridgehead atoms. The van der Waals surface area contributed by atoms with Gasteiger partial charge in [-0.25, -0.2) is 10.0 Å². The number of aryl methyl sites for hydroxylation is 1. The van der Waals surface area contributed by atoms with Crippen molar-refractivity contribution in [3.63, 3.8) is 0 Å². The molecule has 0 aliphatic carbocycles. The number of pyridine rings is 1. The second-order valence-electron chi connectivity index (χ2n) is 4.77. The van der Waals surface area contributed by atoms with Gasteiger partial charge in [0.1, 0.15) is 5.65 Å². The van der Waals surface area contributed by atoms with Gasteiger partial charge in [0.2, 0.25) is 0 Å². The minimum absolute atomic E-state index is 0.509. The zero-order chi connectivity index (χ0) is 14.3. The van der Waals surface area contributed by atoms with Crippen LogP contribution in [0.15, 0.2) is 42.7 Å². The number of imidazole rings is 1. The number of hydroxylamine groups is 1. The molecule has 0 aliphatic rings. The highest BCUT2D eigenvalue weighted by Gasteiger charge is 2.07. The average molecular weight is 288 g/mol. The summed E-state index contributed by atoms with van der Waals surface area (Å²) in [5.41, 5.74) is 4.12. The Labute approximate surface area is 121 Å². The van der Waals surface area contributed by atoms with Gasteiger partial charge in [0, 0.05) is 18.3 Å². The number of rotatable bonds is 2. The molecule has 0 aliphatic heterocycles. The maximum absolute atomic E-state index is 9.43. The summed E-state index contributed by atoms with van der Waals surface area (Å²) in [4.78, 5) is 4.30. The normalized spacial score (nSPS) is 11.0. The third-order valence-electron chi connectivity index (χ3n) is 3.27. The summed E-state index contributed by atoms with van der Waals surface area (Å²) in [7, 11) is 1.55. The van der Waals surface area contributed by atoms with Gasteiger partial charge in [-0.1, -0.05) is 17.7 Å². The topological polar surface area (TPSA) is 40.8 Å². The third-order valence-corrected chi connectivity index (χ3v) is 3.50. The number of fused-ring (bicyclic) bond motifs is 1. The first-order valence-corrected chi connectivity index (χ1v) is 6.60. The minimum atomic E-state index is 0.509. The number of nitrogens with zero attached hydrogens (tertiary/aromatic N) is 3. The van der Waals surface area contributed by atoms with Crippen LogP contribution in [-0.2, 0) is 0 Å². The van der Waals surface area contributed by atoms with Crippen LogP contribution in [0.4, 0.5) is 5.82 Å². The van der Waals surface area contributed by atoms with Gasteiger partial charge in [0.25, 0.3) is 0 Å². The van der Waals surface area contributed by atoms with Crippen LogP contribution < -0.4 is 5.06 Å². The summed E-state index contributed by atoms with van der Waals surface area (Å²) < 4.78 is 1.89. The first-order chi connectivity index (χ1) is 9.54. The zero-order valence-corrected chi connectivity index (χ0v) is 12.0. The molecule has 0 fully saturated rings. The Morgan fingerprint density at radius 3 is 2.70 bits per heavy atom. The average Bonchev–Trinajstić information content (AvgIpc) is 2.81. The van der Waals surface area contributed by atoms with E-state index in [4.69, 9.17) is 11.6 Å². The molecule has 2 heterocycles. The van der Waals surface area contributed by atoms with Crippen LogP contribution in [0.25, 0.3) is 16.8 Å². The Morgan fingerprint density at radius 1 is 1.20 bits per heavy atom. The molecule has 0 radical (unpaired) electrons. The van der Waals surface area contributed by atoms with Crippen molar-refractivity contribution in [2.24, 2.45) is 0 Å². The van der Waals surface area contributed by atoms with Crippen LogP contribution in [0.1, 0.15) is 5.56 Å². The molecule has 0 saturated carbocycles. The van der Waals surface area contributed by atoms with E-state index < -0.39 is 0 Å². The molecule has 3 aromatic rings. The van der Waals surface area contributed by atoms with Crippen molar-refractivity contribution < 1.29 is 5.21 Å². The highest BCUT2D eigenvalue weighted by Crippen LogP contribution is 2.26. The molecule has 3 rings (SSSR count). The fourth-order valence-corrected chi connectivity index (χ4v) is 2.47. The number of hydrogen-bond donors (Lipinski definition) is 1. The van der Waals surface area contributed by atoms with Crippen LogP contribution in [0.2, 0.25) is 5.02 Å². The maximum atomic E-state index is 9.43. The van der Waals surface area contributed by atoms with Crippen molar-refractivity contribution in [1.82, 2.24) is 9.38 Å². The summed E-state index contributed by atoms with van der Waals surface area (Å²) in [5, 5.41) is 11.2. The van der Waals surface area contributed by atoms with Crippen molar-refractivity contribution in [3.05, 3.63) is 53.3 Å². The maximum Gasteiger partial charge on any atom is 0.171 e. The second-order valence-corrected chi connectivity index (χ2v) is 5.20. The Bertz CT molecular complexity index is 780. The van der Waals surface area contributed by atoms with Gasteiger partial charge in [0.05, 0.1) is 6.20 Å². The number of halogens is 1. The third kappa shape index (κ3) is 2.24. The van der Waals surface area contributed by atoms with E-state index in [2.05, 4.69) is 4.98 Å². The van der Waals surface area contributed by atoms with Gasteiger partial charge in [-0.2, -0.15) is 0 Å². The Kier molecular flexibility index (Phi) is 3.12. The Balaban J connectivity index is 2.12. The van der Waals surface area contributed by atoms with Crippen LogP contribution in [-0.4, -0.2) is 21.6 Å². The lowest BCUT2D eigenvalue weighted by molar-refractivity contribution is 0.276. The second kappa shape index (κ2) is 4.81. The molecular formula is C15H14ClN3O. The van der Waals surface area contributed by atoms with Crippen molar-refractivity contribution >= 4 is 23.1 Å². The number of benzene rings is 1. The first-order valence-electron chi connectivity index (χ1n) is 6.22. The smallest absolute Gasteiger partial charge is 0.171 e. The van der Waals surface area contributed by atoms with Crippen LogP contribution in [0.5, 0.6) is 0 Å². The van der Waals surface area contributed by atoms with E-state index >= 15 is 0 Å². The molecular weight excluding hydrogens is 274 g/mol. The van der Waals surface area contributed by atoms with E-state index in [9.17, 15) is 5.21 Å². The van der Waals surface area contributed by atoms with Gasteiger partial charge < -0.3 is 4.40 Å². The largest absolute Gasteiger partial charge is 0.304 e. The highest BCUT2D eigenvalue weighted by atomic mass is 35.5. The fraction of sp³-hybridized carbons (Fsp3) is 0.133. The monoisotopic (exact) mass is 287 g/mol. The number of aromatic nitrogens is 2. The fourth-order valence-electron chi connectivity index (χ4n) is 2.24. The van der Waals surface area contributed by atoms with E-state index in [0.717, 1.165) is 32.4 Å². The lowest BCUT2D eigenvalue weighted by Crippen LogP contribution is -2.09. The molecule has 0 unspecified atom stereocenters. The van der Waals surface area contributed by atoms with E-state index in [-0.39, 0.29) is 0 Å². The molecule has 1 N–H and O–H groups in total. The number of hydrogen-bond acceptors (Lipinski definition) is 3. The molecule has 102 valence electrons. The Hall–Kier alpha value is -2.04. The quantitative estimate of drug-likeness (QED) is 0.729. The Morgan fingerprint density at radius 2 is 2.00 bits per heavy atom. The lowest BCUT2D eigenvalue weighted by Gasteiger charge is -2.07. The summed E-state index contributed by atoms with van der Waals surface area (Å²) in [6.07, 6.45) is 3.77. The zero-order valence-electron chi connectivity index (χ0n) is 11.2. The van der Waals surface area contributed by atoms with Crippen molar-refractivity contribution in [2.45, 2.75) is 6.92 Å². The summed E-state index contributed by atoms with van der Waals surface area (Å²) in [6, 6.07) is 9.78. The van der Waals surface area contributed by atoms with E-state index in [0.29, 0.717) is 5.82 Å². The van der Waals surface area contributed by atoms with Crippen molar-refractivity contribution in [2.75, 3.05) is 12.1 Å². The molecule has 0 atom stereocenters. The van der Waals surface area contributed by atoms with Crippen molar-refractivity contribution in [3.8, 4) is 11.1 Å². The standard InChI is InChI=1S/C15H14ClN3O/c1-10-7-12(16)4-5-13(10)11-3-6-14-17-15(18(2)20)9-19(14)8-11/h3-9,20H,1-2H3. The van der Waals surface area contributed by atoms with E-state index in [1.807, 2.05) is 47.9 Å². The molecule has 0 amide bonds. The molecule has 1 aromatic carbocycles. The predicted octanol–water partition coefficient (Wildman–Crippen LogP) is 3.79.